The average molecular weight is 224 g/mol. The molecule has 3 nitrogen and oxygen atoms in total. The molecule has 2 aliphatic rings. The number of nitrogens with zero attached hydrogens (tertiary/aromatic N) is 1. The van der Waals surface area contributed by atoms with Gasteiger partial charge in [0, 0.05) is 19.5 Å². The van der Waals surface area contributed by atoms with E-state index < -0.39 is 0 Å². The third kappa shape index (κ3) is 2.97. The lowest BCUT2D eigenvalue weighted by Gasteiger charge is -2.18. The van der Waals surface area contributed by atoms with Crippen LogP contribution in [0.3, 0.4) is 0 Å². The van der Waals surface area contributed by atoms with Gasteiger partial charge in [0.2, 0.25) is 5.91 Å². The molecule has 1 unspecified atom stereocenters. The zero-order valence-corrected chi connectivity index (χ0v) is 10.2. The molecule has 1 aliphatic carbocycles. The molecule has 1 amide bonds. The monoisotopic (exact) mass is 224 g/mol. The van der Waals surface area contributed by atoms with Crippen molar-refractivity contribution in [3.05, 3.63) is 0 Å². The van der Waals surface area contributed by atoms with E-state index in [4.69, 9.17) is 5.73 Å². The third-order valence-electron chi connectivity index (χ3n) is 4.15. The fourth-order valence-corrected chi connectivity index (χ4v) is 3.12. The molecule has 2 fully saturated rings. The smallest absolute Gasteiger partial charge is 0.222 e. The van der Waals surface area contributed by atoms with E-state index in [2.05, 4.69) is 4.90 Å². The van der Waals surface area contributed by atoms with Crippen LogP contribution < -0.4 is 5.73 Å². The van der Waals surface area contributed by atoms with E-state index in [1.807, 2.05) is 0 Å². The maximum atomic E-state index is 12.0. The second kappa shape index (κ2) is 5.67. The van der Waals surface area contributed by atoms with Gasteiger partial charge in [0.1, 0.15) is 0 Å². The van der Waals surface area contributed by atoms with Crippen molar-refractivity contribution in [1.82, 2.24) is 4.90 Å². The third-order valence-corrected chi connectivity index (χ3v) is 4.15. The lowest BCUT2D eigenvalue weighted by atomic mass is 10.0. The standard InChI is InChI=1S/C13H24N2O/c14-7-5-12-6-8-15(10-12)13(16)9-11-3-1-2-4-11/h11-12H,1-10,14H2. The number of amides is 1. The molecule has 0 spiro atoms. The summed E-state index contributed by atoms with van der Waals surface area (Å²) in [6, 6.07) is 0. The van der Waals surface area contributed by atoms with E-state index in [1.54, 1.807) is 0 Å². The van der Waals surface area contributed by atoms with Crippen LogP contribution in [0.4, 0.5) is 0 Å². The van der Waals surface area contributed by atoms with Gasteiger partial charge in [-0.25, -0.2) is 0 Å². The Labute approximate surface area is 98.4 Å². The number of hydrogen-bond donors (Lipinski definition) is 1. The second-order valence-corrected chi connectivity index (χ2v) is 5.43. The van der Waals surface area contributed by atoms with Crippen LogP contribution in [-0.4, -0.2) is 30.4 Å². The number of carbonyl (C=O) groups is 1. The highest BCUT2D eigenvalue weighted by atomic mass is 16.2. The predicted octanol–water partition coefficient (Wildman–Crippen LogP) is 1.76. The maximum absolute atomic E-state index is 12.0. The zero-order chi connectivity index (χ0) is 11.4. The van der Waals surface area contributed by atoms with Gasteiger partial charge in [0.05, 0.1) is 0 Å². The van der Waals surface area contributed by atoms with Crippen molar-refractivity contribution in [2.45, 2.75) is 44.9 Å². The van der Waals surface area contributed by atoms with E-state index in [-0.39, 0.29) is 0 Å². The van der Waals surface area contributed by atoms with Gasteiger partial charge in [-0.15, -0.1) is 0 Å². The normalized spacial score (nSPS) is 26.6. The van der Waals surface area contributed by atoms with E-state index in [9.17, 15) is 4.79 Å². The highest BCUT2D eigenvalue weighted by molar-refractivity contribution is 5.76. The van der Waals surface area contributed by atoms with Gasteiger partial charge in [0.15, 0.2) is 0 Å². The molecule has 1 aliphatic heterocycles. The SMILES string of the molecule is NCCC1CCN(C(=O)CC2CCCC2)C1. The second-order valence-electron chi connectivity index (χ2n) is 5.43. The van der Waals surface area contributed by atoms with Crippen LogP contribution in [0.2, 0.25) is 0 Å². The Kier molecular flexibility index (Phi) is 4.22. The number of rotatable bonds is 4. The van der Waals surface area contributed by atoms with Crippen molar-refractivity contribution in [1.29, 1.82) is 0 Å². The van der Waals surface area contributed by atoms with E-state index in [0.29, 0.717) is 17.7 Å². The first-order valence-corrected chi connectivity index (χ1v) is 6.77. The van der Waals surface area contributed by atoms with Crippen molar-refractivity contribution < 1.29 is 4.79 Å². The summed E-state index contributed by atoms with van der Waals surface area (Å²) >= 11 is 0. The van der Waals surface area contributed by atoms with Crippen LogP contribution in [0, 0.1) is 11.8 Å². The Balaban J connectivity index is 1.73. The Morgan fingerprint density at radius 2 is 1.94 bits per heavy atom. The molecule has 1 heterocycles. The summed E-state index contributed by atoms with van der Waals surface area (Å²) in [5, 5.41) is 0. The quantitative estimate of drug-likeness (QED) is 0.791. The van der Waals surface area contributed by atoms with Crippen molar-refractivity contribution >= 4 is 5.91 Å². The zero-order valence-electron chi connectivity index (χ0n) is 10.2. The molecule has 0 aromatic heterocycles. The van der Waals surface area contributed by atoms with Crippen LogP contribution >= 0.6 is 0 Å². The minimum Gasteiger partial charge on any atom is -0.342 e. The Morgan fingerprint density at radius 1 is 1.19 bits per heavy atom. The lowest BCUT2D eigenvalue weighted by Crippen LogP contribution is -2.30. The van der Waals surface area contributed by atoms with Crippen molar-refractivity contribution in [2.24, 2.45) is 17.6 Å². The minimum absolute atomic E-state index is 0.395. The summed E-state index contributed by atoms with van der Waals surface area (Å²) < 4.78 is 0. The molecule has 0 aromatic rings. The van der Waals surface area contributed by atoms with Gasteiger partial charge < -0.3 is 10.6 Å². The molecule has 16 heavy (non-hydrogen) atoms. The minimum atomic E-state index is 0.395. The highest BCUT2D eigenvalue weighted by Crippen LogP contribution is 2.29. The van der Waals surface area contributed by atoms with E-state index in [1.165, 1.54) is 25.7 Å². The van der Waals surface area contributed by atoms with Crippen LogP contribution in [0.1, 0.15) is 44.9 Å². The van der Waals surface area contributed by atoms with Gasteiger partial charge in [-0.3, -0.25) is 4.79 Å². The molecule has 2 N–H and O–H groups in total. The Bertz CT molecular complexity index is 236. The Hall–Kier alpha value is -0.570. The average Bonchev–Trinajstić information content (AvgIpc) is 2.89. The Morgan fingerprint density at radius 3 is 2.62 bits per heavy atom. The molecular formula is C13H24N2O. The summed E-state index contributed by atoms with van der Waals surface area (Å²) in [5.41, 5.74) is 5.56. The molecule has 0 radical (unpaired) electrons. The summed E-state index contributed by atoms with van der Waals surface area (Å²) in [5.74, 6) is 1.74. The molecular weight excluding hydrogens is 200 g/mol. The van der Waals surface area contributed by atoms with Crippen molar-refractivity contribution in [3.63, 3.8) is 0 Å². The molecule has 1 saturated heterocycles. The van der Waals surface area contributed by atoms with Gasteiger partial charge in [-0.2, -0.15) is 0 Å². The molecule has 92 valence electrons. The van der Waals surface area contributed by atoms with Gasteiger partial charge in [-0.05, 0) is 44.1 Å². The maximum Gasteiger partial charge on any atom is 0.222 e. The molecule has 3 heteroatoms. The van der Waals surface area contributed by atoms with Crippen molar-refractivity contribution in [2.75, 3.05) is 19.6 Å². The number of likely N-dealkylation sites (tertiary alicyclic amines) is 1. The highest BCUT2D eigenvalue weighted by Gasteiger charge is 2.27. The summed E-state index contributed by atoms with van der Waals surface area (Å²) in [7, 11) is 0. The number of nitrogens with two attached hydrogens (primary N) is 1. The van der Waals surface area contributed by atoms with Crippen LogP contribution in [0.15, 0.2) is 0 Å². The van der Waals surface area contributed by atoms with E-state index in [0.717, 1.165) is 38.9 Å². The number of hydrogen-bond acceptors (Lipinski definition) is 2. The van der Waals surface area contributed by atoms with Crippen molar-refractivity contribution in [3.8, 4) is 0 Å². The number of carbonyl (C=O) groups excluding carboxylic acids is 1. The molecule has 1 saturated carbocycles. The lowest BCUT2D eigenvalue weighted by molar-refractivity contribution is -0.131. The summed E-state index contributed by atoms with van der Waals surface area (Å²) in [6.07, 6.45) is 8.23. The van der Waals surface area contributed by atoms with Gasteiger partial charge in [-0.1, -0.05) is 12.8 Å². The fraction of sp³-hybridized carbons (Fsp3) is 0.923. The first-order valence-electron chi connectivity index (χ1n) is 6.77. The summed E-state index contributed by atoms with van der Waals surface area (Å²) in [4.78, 5) is 14.1. The molecule has 1 atom stereocenters. The predicted molar refractivity (Wildman–Crippen MR) is 64.9 cm³/mol. The molecule has 2 rings (SSSR count). The van der Waals surface area contributed by atoms with Crippen LogP contribution in [0.5, 0.6) is 0 Å². The first kappa shape index (κ1) is 11.9. The summed E-state index contributed by atoms with van der Waals surface area (Å²) in [6.45, 7) is 2.69. The molecule has 0 bridgehead atoms. The first-order chi connectivity index (χ1) is 7.79. The van der Waals surface area contributed by atoms with E-state index >= 15 is 0 Å². The van der Waals surface area contributed by atoms with Crippen LogP contribution in [0.25, 0.3) is 0 Å². The molecule has 0 aromatic carbocycles. The van der Waals surface area contributed by atoms with Gasteiger partial charge >= 0.3 is 0 Å². The largest absolute Gasteiger partial charge is 0.342 e. The van der Waals surface area contributed by atoms with Crippen LogP contribution in [-0.2, 0) is 4.79 Å². The van der Waals surface area contributed by atoms with Gasteiger partial charge in [0.25, 0.3) is 0 Å². The topological polar surface area (TPSA) is 46.3 Å². The fourth-order valence-electron chi connectivity index (χ4n) is 3.12.